The van der Waals surface area contributed by atoms with Gasteiger partial charge in [-0.05, 0) is 6.42 Å². The van der Waals surface area contributed by atoms with E-state index in [9.17, 15) is 0 Å². The smallest absolute Gasteiger partial charge is 0.125 e. The van der Waals surface area contributed by atoms with Crippen molar-refractivity contribution in [2.24, 2.45) is 0 Å². The fourth-order valence-corrected chi connectivity index (χ4v) is 4.91. The number of hydrogen-bond acceptors (Lipinski definition) is 5. The summed E-state index contributed by atoms with van der Waals surface area (Å²) in [5.41, 5.74) is 1.74. The fourth-order valence-electron chi connectivity index (χ4n) is 3.46. The molecule has 1 atom stereocenters. The summed E-state index contributed by atoms with van der Waals surface area (Å²) in [7, 11) is 0. The fraction of sp³-hybridized carbons (Fsp3) is 0.905. The van der Waals surface area contributed by atoms with Gasteiger partial charge in [0.2, 0.25) is 0 Å². The summed E-state index contributed by atoms with van der Waals surface area (Å²) in [6.45, 7) is 4.51. The lowest BCUT2D eigenvalue weighted by Gasteiger charge is -2.29. The van der Waals surface area contributed by atoms with Crippen molar-refractivity contribution in [1.82, 2.24) is 10.2 Å². The number of aromatic nitrogens is 2. The van der Waals surface area contributed by atoms with Crippen molar-refractivity contribution in [2.45, 2.75) is 120 Å². The molecule has 0 amide bonds. The molecule has 1 heterocycles. The van der Waals surface area contributed by atoms with Gasteiger partial charge in [0, 0.05) is 5.41 Å². The summed E-state index contributed by atoms with van der Waals surface area (Å²) < 4.78 is 0.0115. The maximum absolute atomic E-state index is 4.59. The van der Waals surface area contributed by atoms with Gasteiger partial charge in [-0.25, -0.2) is 0 Å². The molecule has 1 aromatic heterocycles. The third-order valence-corrected chi connectivity index (χ3v) is 7.58. The Hall–Kier alpha value is 0.260. The molecule has 0 aliphatic carbocycles. The van der Waals surface area contributed by atoms with Crippen LogP contribution < -0.4 is 0 Å². The first-order valence-electron chi connectivity index (χ1n) is 10.7. The minimum atomic E-state index is -0.0650. The van der Waals surface area contributed by atoms with Crippen LogP contribution in [0.1, 0.15) is 115 Å². The Bertz CT molecular complexity index is 423. The normalized spacial score (nSPS) is 14.0. The number of hydrogen-bond donors (Lipinski definition) is 2. The average Bonchev–Trinajstić information content (AvgIpc) is 3.17. The maximum Gasteiger partial charge on any atom is 0.125 e. The molecular weight excluding hydrogens is 376 g/mol. The summed E-state index contributed by atoms with van der Waals surface area (Å²) in [6, 6.07) is 0. The highest BCUT2D eigenvalue weighted by atomic mass is 32.2. The Morgan fingerprint density at radius 1 is 0.846 bits per heavy atom. The zero-order valence-corrected chi connectivity index (χ0v) is 19.6. The standard InChI is InChI=1S/C21H40N2S3/c1-3-4-5-6-7-8-9-10-11-12-13-14-15-16-17-21(2,20(24)25)19-23-22-18-26-19/h18,20,24-25H,3-17H2,1-2H3. The van der Waals surface area contributed by atoms with Crippen LogP contribution in [0.15, 0.2) is 5.51 Å². The summed E-state index contributed by atoms with van der Waals surface area (Å²) in [5, 5.41) is 9.33. The number of thiol groups is 2. The molecule has 26 heavy (non-hydrogen) atoms. The van der Waals surface area contributed by atoms with E-state index >= 15 is 0 Å². The second-order valence-electron chi connectivity index (χ2n) is 7.88. The molecule has 0 bridgehead atoms. The monoisotopic (exact) mass is 416 g/mol. The molecule has 0 aliphatic rings. The minimum Gasteiger partial charge on any atom is -0.164 e. The first kappa shape index (κ1) is 24.3. The van der Waals surface area contributed by atoms with Crippen LogP contribution >= 0.6 is 36.6 Å². The number of rotatable bonds is 17. The molecule has 1 unspecified atom stereocenters. The highest BCUT2D eigenvalue weighted by Gasteiger charge is 2.34. The third kappa shape index (κ3) is 9.98. The molecule has 0 aromatic carbocycles. The second kappa shape index (κ2) is 15.2. The first-order chi connectivity index (χ1) is 12.6. The first-order valence-corrected chi connectivity index (χ1v) is 12.6. The molecule has 0 saturated heterocycles. The van der Waals surface area contributed by atoms with Crippen LogP contribution in [0.5, 0.6) is 0 Å². The minimum absolute atomic E-state index is 0.0115. The number of nitrogens with zero attached hydrogens (tertiary/aromatic N) is 2. The molecule has 152 valence electrons. The predicted molar refractivity (Wildman–Crippen MR) is 124 cm³/mol. The van der Waals surface area contributed by atoms with Crippen LogP contribution in [0.25, 0.3) is 0 Å². The van der Waals surface area contributed by atoms with Gasteiger partial charge in [0.25, 0.3) is 0 Å². The van der Waals surface area contributed by atoms with E-state index in [1.54, 1.807) is 11.3 Å². The van der Waals surface area contributed by atoms with E-state index in [2.05, 4.69) is 49.3 Å². The quantitative estimate of drug-likeness (QED) is 0.153. The van der Waals surface area contributed by atoms with E-state index in [0.29, 0.717) is 0 Å². The highest BCUT2D eigenvalue weighted by molar-refractivity contribution is 7.99. The molecule has 5 heteroatoms. The zero-order valence-electron chi connectivity index (χ0n) is 17.0. The molecule has 0 fully saturated rings. The van der Waals surface area contributed by atoms with Crippen molar-refractivity contribution >= 4 is 36.6 Å². The Labute approximate surface area is 177 Å². The summed E-state index contributed by atoms with van der Waals surface area (Å²) in [4.78, 5) is 0. The van der Waals surface area contributed by atoms with Crippen molar-refractivity contribution in [3.8, 4) is 0 Å². The summed E-state index contributed by atoms with van der Waals surface area (Å²) in [5.74, 6) is 0. The zero-order chi connectivity index (χ0) is 19.1. The van der Waals surface area contributed by atoms with E-state index in [0.717, 1.165) is 11.4 Å². The molecule has 0 radical (unpaired) electrons. The number of unbranched alkanes of at least 4 members (excludes halogenated alkanes) is 13. The lowest BCUT2D eigenvalue weighted by atomic mass is 9.86. The molecule has 0 spiro atoms. The van der Waals surface area contributed by atoms with Crippen LogP contribution in [-0.4, -0.2) is 14.8 Å². The van der Waals surface area contributed by atoms with Gasteiger partial charge in [-0.1, -0.05) is 104 Å². The lowest BCUT2D eigenvalue weighted by Crippen LogP contribution is -2.29. The van der Waals surface area contributed by atoms with Crippen LogP contribution in [0.2, 0.25) is 0 Å². The van der Waals surface area contributed by atoms with Gasteiger partial charge in [0.05, 0.1) is 4.58 Å². The van der Waals surface area contributed by atoms with Crippen molar-refractivity contribution < 1.29 is 0 Å². The Kier molecular flexibility index (Phi) is 14.2. The van der Waals surface area contributed by atoms with Gasteiger partial charge in [-0.3, -0.25) is 0 Å². The van der Waals surface area contributed by atoms with Crippen molar-refractivity contribution in [3.63, 3.8) is 0 Å². The molecule has 1 rings (SSSR count). The largest absolute Gasteiger partial charge is 0.164 e. The highest BCUT2D eigenvalue weighted by Crippen LogP contribution is 2.38. The molecule has 0 aliphatic heterocycles. The van der Waals surface area contributed by atoms with Gasteiger partial charge in [0.1, 0.15) is 10.5 Å². The SMILES string of the molecule is CCCCCCCCCCCCCCCCC(C)(c1nncs1)C(S)S. The molecular formula is C21H40N2S3. The second-order valence-corrected chi connectivity index (χ2v) is 10.2. The predicted octanol–water partition coefficient (Wildman–Crippen LogP) is 7.85. The van der Waals surface area contributed by atoms with E-state index < -0.39 is 0 Å². The third-order valence-electron chi connectivity index (χ3n) is 5.47. The lowest BCUT2D eigenvalue weighted by molar-refractivity contribution is 0.432. The Morgan fingerprint density at radius 3 is 1.69 bits per heavy atom. The Balaban J connectivity index is 1.96. The van der Waals surface area contributed by atoms with Crippen LogP contribution in [-0.2, 0) is 5.41 Å². The van der Waals surface area contributed by atoms with Crippen LogP contribution in [0, 0.1) is 0 Å². The molecule has 2 nitrogen and oxygen atoms in total. The molecule has 1 aromatic rings. The van der Waals surface area contributed by atoms with Crippen molar-refractivity contribution in [2.75, 3.05) is 0 Å². The van der Waals surface area contributed by atoms with Gasteiger partial charge < -0.3 is 0 Å². The van der Waals surface area contributed by atoms with E-state index in [1.165, 1.54) is 89.9 Å². The maximum atomic E-state index is 4.59. The van der Waals surface area contributed by atoms with Crippen LogP contribution in [0.4, 0.5) is 0 Å². The average molecular weight is 417 g/mol. The van der Waals surface area contributed by atoms with E-state index in [-0.39, 0.29) is 10.00 Å². The van der Waals surface area contributed by atoms with Crippen molar-refractivity contribution in [3.05, 3.63) is 10.5 Å². The van der Waals surface area contributed by atoms with E-state index in [1.807, 2.05) is 5.51 Å². The molecule has 0 N–H and O–H groups in total. The van der Waals surface area contributed by atoms with Crippen molar-refractivity contribution in [1.29, 1.82) is 0 Å². The van der Waals surface area contributed by atoms with Gasteiger partial charge >= 0.3 is 0 Å². The Morgan fingerprint density at radius 2 is 1.31 bits per heavy atom. The topological polar surface area (TPSA) is 25.8 Å². The van der Waals surface area contributed by atoms with E-state index in [4.69, 9.17) is 0 Å². The van der Waals surface area contributed by atoms with Gasteiger partial charge in [-0.2, -0.15) is 25.3 Å². The van der Waals surface area contributed by atoms with Crippen LogP contribution in [0.3, 0.4) is 0 Å². The van der Waals surface area contributed by atoms with Gasteiger partial charge in [0.15, 0.2) is 0 Å². The summed E-state index contributed by atoms with van der Waals surface area (Å²) >= 11 is 10.8. The van der Waals surface area contributed by atoms with Gasteiger partial charge in [-0.15, -0.1) is 21.5 Å². The summed E-state index contributed by atoms with van der Waals surface area (Å²) in [6.07, 6.45) is 20.6. The molecule has 0 saturated carbocycles.